The maximum atomic E-state index is 4.26. The Morgan fingerprint density at radius 2 is 2.29 bits per heavy atom. The predicted octanol–water partition coefficient (Wildman–Crippen LogP) is 2.94. The van der Waals surface area contributed by atoms with E-state index in [4.69, 9.17) is 0 Å². The van der Waals surface area contributed by atoms with Gasteiger partial charge in [0.2, 0.25) is 0 Å². The number of aromatic nitrogens is 3. The van der Waals surface area contributed by atoms with E-state index in [0.717, 1.165) is 29.1 Å². The molecule has 0 aliphatic carbocycles. The molecule has 0 bridgehead atoms. The second-order valence-electron chi connectivity index (χ2n) is 3.86. The summed E-state index contributed by atoms with van der Waals surface area (Å²) in [7, 11) is 0. The number of benzene rings is 1. The van der Waals surface area contributed by atoms with Gasteiger partial charge in [0.15, 0.2) is 0 Å². The monoisotopic (exact) mass is 244 g/mol. The summed E-state index contributed by atoms with van der Waals surface area (Å²) >= 11 is 1.66. The third-order valence-corrected chi connectivity index (χ3v) is 3.52. The highest BCUT2D eigenvalue weighted by Gasteiger charge is 2.02. The molecule has 3 aromatic rings. The summed E-state index contributed by atoms with van der Waals surface area (Å²) in [5, 5.41) is 3.37. The van der Waals surface area contributed by atoms with E-state index in [1.807, 2.05) is 24.6 Å². The molecule has 0 saturated carbocycles. The molecule has 17 heavy (non-hydrogen) atoms. The predicted molar refractivity (Wildman–Crippen MR) is 70.3 cm³/mol. The average Bonchev–Trinajstić information content (AvgIpc) is 2.94. The van der Waals surface area contributed by atoms with E-state index in [-0.39, 0.29) is 0 Å². The molecule has 0 aliphatic heterocycles. The summed E-state index contributed by atoms with van der Waals surface area (Å²) < 4.78 is 1.20. The van der Waals surface area contributed by atoms with Crippen molar-refractivity contribution in [3.8, 4) is 0 Å². The number of rotatable bonds is 3. The number of H-pyrrole nitrogens is 1. The number of aromatic amines is 1. The fourth-order valence-electron chi connectivity index (χ4n) is 1.72. The van der Waals surface area contributed by atoms with Crippen LogP contribution in [0.5, 0.6) is 0 Å². The molecule has 3 rings (SSSR count). The van der Waals surface area contributed by atoms with Crippen LogP contribution in [-0.4, -0.2) is 15.0 Å². The SMILES string of the molecule is Cc1[nH]cnc1CNc1ccc2ncsc2c1. The minimum atomic E-state index is 0.736. The molecule has 4 nitrogen and oxygen atoms in total. The third kappa shape index (κ3) is 2.01. The first-order valence-corrected chi connectivity index (χ1v) is 6.27. The van der Waals surface area contributed by atoms with Crippen molar-refractivity contribution in [3.63, 3.8) is 0 Å². The molecule has 0 unspecified atom stereocenters. The van der Waals surface area contributed by atoms with Crippen LogP contribution in [0.15, 0.2) is 30.0 Å². The van der Waals surface area contributed by atoms with Gasteiger partial charge < -0.3 is 10.3 Å². The van der Waals surface area contributed by atoms with Crippen LogP contribution in [0.4, 0.5) is 5.69 Å². The number of thiazole rings is 1. The highest BCUT2D eigenvalue weighted by Crippen LogP contribution is 2.22. The largest absolute Gasteiger partial charge is 0.379 e. The van der Waals surface area contributed by atoms with Gasteiger partial charge in [-0.2, -0.15) is 0 Å². The van der Waals surface area contributed by atoms with Crippen LogP contribution < -0.4 is 5.32 Å². The molecule has 2 aromatic heterocycles. The van der Waals surface area contributed by atoms with Crippen LogP contribution in [0, 0.1) is 6.92 Å². The summed E-state index contributed by atoms with van der Waals surface area (Å²) in [6.07, 6.45) is 1.72. The Bertz CT molecular complexity index is 641. The van der Waals surface area contributed by atoms with Gasteiger partial charge in [0.05, 0.1) is 34.3 Å². The zero-order valence-electron chi connectivity index (χ0n) is 9.40. The van der Waals surface area contributed by atoms with Crippen LogP contribution in [-0.2, 0) is 6.54 Å². The first-order valence-electron chi connectivity index (χ1n) is 5.39. The quantitative estimate of drug-likeness (QED) is 0.744. The summed E-state index contributed by atoms with van der Waals surface area (Å²) in [5.41, 5.74) is 6.18. The average molecular weight is 244 g/mol. The molecule has 0 fully saturated rings. The van der Waals surface area contributed by atoms with Crippen molar-refractivity contribution in [1.29, 1.82) is 0 Å². The lowest BCUT2D eigenvalue weighted by atomic mass is 10.3. The molecule has 0 aliphatic rings. The van der Waals surface area contributed by atoms with Gasteiger partial charge in [0, 0.05) is 11.4 Å². The molecular weight excluding hydrogens is 232 g/mol. The summed E-state index contributed by atoms with van der Waals surface area (Å²) in [5.74, 6) is 0. The number of anilines is 1. The van der Waals surface area contributed by atoms with Crippen molar-refractivity contribution < 1.29 is 0 Å². The molecule has 0 radical (unpaired) electrons. The van der Waals surface area contributed by atoms with Gasteiger partial charge in [-0.1, -0.05) is 0 Å². The Balaban J connectivity index is 1.78. The topological polar surface area (TPSA) is 53.6 Å². The van der Waals surface area contributed by atoms with Crippen LogP contribution in [0.2, 0.25) is 0 Å². The van der Waals surface area contributed by atoms with E-state index >= 15 is 0 Å². The molecule has 1 aromatic carbocycles. The van der Waals surface area contributed by atoms with Crippen molar-refractivity contribution in [2.24, 2.45) is 0 Å². The summed E-state index contributed by atoms with van der Waals surface area (Å²) in [6.45, 7) is 2.76. The van der Waals surface area contributed by atoms with Gasteiger partial charge in [-0.3, -0.25) is 0 Å². The van der Waals surface area contributed by atoms with E-state index < -0.39 is 0 Å². The zero-order valence-corrected chi connectivity index (χ0v) is 10.2. The lowest BCUT2D eigenvalue weighted by molar-refractivity contribution is 1.05. The van der Waals surface area contributed by atoms with E-state index in [0.29, 0.717) is 0 Å². The van der Waals surface area contributed by atoms with E-state index in [2.05, 4.69) is 26.3 Å². The number of aryl methyl sites for hydroxylation is 1. The number of hydrogen-bond acceptors (Lipinski definition) is 4. The van der Waals surface area contributed by atoms with Crippen LogP contribution in [0.3, 0.4) is 0 Å². The van der Waals surface area contributed by atoms with Gasteiger partial charge in [-0.25, -0.2) is 9.97 Å². The van der Waals surface area contributed by atoms with Crippen molar-refractivity contribution >= 4 is 27.2 Å². The molecular formula is C12H12N4S. The number of nitrogens with one attached hydrogen (secondary N) is 2. The fraction of sp³-hybridized carbons (Fsp3) is 0.167. The molecule has 2 heterocycles. The van der Waals surface area contributed by atoms with Gasteiger partial charge in [-0.05, 0) is 25.1 Å². The maximum absolute atomic E-state index is 4.26. The Labute approximate surface area is 103 Å². The van der Waals surface area contributed by atoms with Crippen LogP contribution >= 0.6 is 11.3 Å². The maximum Gasteiger partial charge on any atom is 0.0925 e. The number of nitrogens with zero attached hydrogens (tertiary/aromatic N) is 2. The number of imidazole rings is 1. The van der Waals surface area contributed by atoms with Gasteiger partial charge in [0.25, 0.3) is 0 Å². The Hall–Kier alpha value is -1.88. The lowest BCUT2D eigenvalue weighted by Crippen LogP contribution is -2.00. The molecule has 0 saturated heterocycles. The molecule has 2 N–H and O–H groups in total. The number of fused-ring (bicyclic) bond motifs is 1. The molecule has 0 amide bonds. The zero-order chi connectivity index (χ0) is 11.7. The van der Waals surface area contributed by atoms with Gasteiger partial charge in [0.1, 0.15) is 0 Å². The normalized spacial score (nSPS) is 10.9. The van der Waals surface area contributed by atoms with E-state index in [1.54, 1.807) is 17.7 Å². The minimum Gasteiger partial charge on any atom is -0.379 e. The molecule has 0 spiro atoms. The summed E-state index contributed by atoms with van der Waals surface area (Å²) in [4.78, 5) is 11.6. The molecule has 0 atom stereocenters. The van der Waals surface area contributed by atoms with Gasteiger partial charge in [-0.15, -0.1) is 11.3 Å². The smallest absolute Gasteiger partial charge is 0.0925 e. The fourth-order valence-corrected chi connectivity index (χ4v) is 2.43. The second kappa shape index (κ2) is 4.18. The van der Waals surface area contributed by atoms with E-state index in [1.165, 1.54) is 4.70 Å². The van der Waals surface area contributed by atoms with Gasteiger partial charge >= 0.3 is 0 Å². The number of hydrogen-bond donors (Lipinski definition) is 2. The highest BCUT2D eigenvalue weighted by molar-refractivity contribution is 7.16. The second-order valence-corrected chi connectivity index (χ2v) is 4.75. The van der Waals surface area contributed by atoms with Crippen LogP contribution in [0.1, 0.15) is 11.4 Å². The standard InChI is InChI=1S/C12H12N4S/c1-8-11(15-6-14-8)5-13-9-2-3-10-12(4-9)17-7-16-10/h2-4,6-7,13H,5H2,1H3,(H,14,15). The third-order valence-electron chi connectivity index (χ3n) is 2.73. The van der Waals surface area contributed by atoms with Crippen molar-refractivity contribution in [3.05, 3.63) is 41.4 Å². The first-order chi connectivity index (χ1) is 8.33. The highest BCUT2D eigenvalue weighted by atomic mass is 32.1. The summed E-state index contributed by atoms with van der Waals surface area (Å²) in [6, 6.07) is 6.20. The van der Waals surface area contributed by atoms with Crippen molar-refractivity contribution in [2.75, 3.05) is 5.32 Å². The van der Waals surface area contributed by atoms with E-state index in [9.17, 15) is 0 Å². The molecule has 5 heteroatoms. The minimum absolute atomic E-state index is 0.736. The lowest BCUT2D eigenvalue weighted by Gasteiger charge is -2.04. The van der Waals surface area contributed by atoms with Crippen LogP contribution in [0.25, 0.3) is 10.2 Å². The molecule has 86 valence electrons. The first kappa shape index (κ1) is 10.3. The Morgan fingerprint density at radius 3 is 3.12 bits per heavy atom. The Kier molecular flexibility index (Phi) is 2.53. The Morgan fingerprint density at radius 1 is 1.35 bits per heavy atom. The van der Waals surface area contributed by atoms with Crippen molar-refractivity contribution in [2.45, 2.75) is 13.5 Å². The van der Waals surface area contributed by atoms with Crippen molar-refractivity contribution in [1.82, 2.24) is 15.0 Å².